The van der Waals surface area contributed by atoms with Crippen molar-refractivity contribution in [1.82, 2.24) is 19.8 Å². The zero-order valence-corrected chi connectivity index (χ0v) is 21.6. The average molecular weight is 535 g/mol. The lowest BCUT2D eigenvalue weighted by Crippen LogP contribution is -2.42. The Bertz CT molecular complexity index is 1640. The molecule has 0 radical (unpaired) electrons. The summed E-state index contributed by atoms with van der Waals surface area (Å²) in [7, 11) is 4.37. The number of fused-ring (bicyclic) bond motifs is 1. The van der Waals surface area contributed by atoms with Gasteiger partial charge in [-0.25, -0.2) is 9.18 Å². The third-order valence-electron chi connectivity index (χ3n) is 6.22. The van der Waals surface area contributed by atoms with Crippen LogP contribution in [0.2, 0.25) is 0 Å². The van der Waals surface area contributed by atoms with E-state index in [1.165, 1.54) is 50.1 Å². The maximum atomic E-state index is 13.6. The van der Waals surface area contributed by atoms with Gasteiger partial charge in [0.15, 0.2) is 11.5 Å². The number of methoxy groups -OCH3 is 2. The molecular formula is C28H27FN4O6. The van der Waals surface area contributed by atoms with Gasteiger partial charge in [0, 0.05) is 25.2 Å². The first-order valence-electron chi connectivity index (χ1n) is 12.0. The normalized spacial score (nSPS) is 10.8. The third kappa shape index (κ3) is 5.82. The van der Waals surface area contributed by atoms with Gasteiger partial charge >= 0.3 is 5.69 Å². The molecule has 0 saturated heterocycles. The molecule has 0 bridgehead atoms. The molecule has 3 aromatic carbocycles. The van der Waals surface area contributed by atoms with Gasteiger partial charge in [0.25, 0.3) is 11.5 Å². The van der Waals surface area contributed by atoms with Crippen molar-refractivity contribution in [3.63, 3.8) is 0 Å². The molecule has 202 valence electrons. The van der Waals surface area contributed by atoms with Crippen LogP contribution in [0.1, 0.15) is 21.5 Å². The van der Waals surface area contributed by atoms with Gasteiger partial charge in [0.2, 0.25) is 5.91 Å². The lowest BCUT2D eigenvalue weighted by molar-refractivity contribution is -0.121. The van der Waals surface area contributed by atoms with E-state index in [0.29, 0.717) is 16.7 Å². The summed E-state index contributed by atoms with van der Waals surface area (Å²) in [6.45, 7) is -0.352. The number of carbonyl (C=O) groups excluding carboxylic acids is 2. The van der Waals surface area contributed by atoms with Crippen molar-refractivity contribution in [3.05, 3.63) is 104 Å². The molecule has 0 fully saturated rings. The van der Waals surface area contributed by atoms with Crippen molar-refractivity contribution in [2.75, 3.05) is 21.3 Å². The van der Waals surface area contributed by atoms with Crippen LogP contribution in [0.15, 0.2) is 70.3 Å². The molecule has 0 aliphatic carbocycles. The predicted molar refractivity (Wildman–Crippen MR) is 143 cm³/mol. The van der Waals surface area contributed by atoms with Crippen LogP contribution in [0, 0.1) is 5.82 Å². The highest BCUT2D eigenvalue weighted by Gasteiger charge is 2.19. The van der Waals surface area contributed by atoms with Crippen molar-refractivity contribution < 1.29 is 23.5 Å². The van der Waals surface area contributed by atoms with E-state index in [4.69, 9.17) is 9.47 Å². The van der Waals surface area contributed by atoms with Gasteiger partial charge in [0.05, 0.1) is 31.7 Å². The molecule has 2 N–H and O–H groups in total. The molecule has 0 atom stereocenters. The summed E-state index contributed by atoms with van der Waals surface area (Å²) in [5.41, 5.74) is 0.638. The van der Waals surface area contributed by atoms with E-state index in [1.54, 1.807) is 36.4 Å². The first-order chi connectivity index (χ1) is 18.7. The number of aromatic nitrogens is 2. The lowest BCUT2D eigenvalue weighted by Gasteiger charge is -2.16. The van der Waals surface area contributed by atoms with Crippen LogP contribution in [0.5, 0.6) is 11.5 Å². The number of rotatable bonds is 9. The summed E-state index contributed by atoms with van der Waals surface area (Å²) in [6.07, 6.45) is 0. The fraction of sp³-hybridized carbons (Fsp3) is 0.214. The highest BCUT2D eigenvalue weighted by molar-refractivity contribution is 5.94. The summed E-state index contributed by atoms with van der Waals surface area (Å²) >= 11 is 0. The number of nitrogens with one attached hydrogen (secondary N) is 2. The first-order valence-corrected chi connectivity index (χ1v) is 12.0. The molecule has 0 aliphatic rings. The second-order valence-corrected chi connectivity index (χ2v) is 8.66. The van der Waals surface area contributed by atoms with Gasteiger partial charge in [-0.1, -0.05) is 24.3 Å². The van der Waals surface area contributed by atoms with Gasteiger partial charge in [-0.3, -0.25) is 23.5 Å². The Hall–Kier alpha value is -4.93. The Balaban J connectivity index is 1.75. The van der Waals surface area contributed by atoms with Crippen LogP contribution in [0.3, 0.4) is 0 Å². The van der Waals surface area contributed by atoms with Crippen LogP contribution >= 0.6 is 0 Å². The van der Waals surface area contributed by atoms with Crippen molar-refractivity contribution in [2.45, 2.75) is 19.6 Å². The van der Waals surface area contributed by atoms with Gasteiger partial charge < -0.3 is 20.1 Å². The van der Waals surface area contributed by atoms with E-state index in [1.807, 2.05) is 0 Å². The Labute approximate surface area is 222 Å². The van der Waals surface area contributed by atoms with Gasteiger partial charge in [0.1, 0.15) is 12.4 Å². The minimum absolute atomic E-state index is 0.0901. The van der Waals surface area contributed by atoms with E-state index in [0.717, 1.165) is 4.57 Å². The number of benzene rings is 3. The van der Waals surface area contributed by atoms with E-state index < -0.39 is 23.0 Å². The summed E-state index contributed by atoms with van der Waals surface area (Å²) in [4.78, 5) is 51.8. The maximum Gasteiger partial charge on any atom is 0.332 e. The molecule has 2 amide bonds. The number of hydrogen-bond acceptors (Lipinski definition) is 6. The maximum absolute atomic E-state index is 13.6. The van der Waals surface area contributed by atoms with Gasteiger partial charge in [-0.15, -0.1) is 0 Å². The fourth-order valence-electron chi connectivity index (χ4n) is 4.13. The Kier molecular flexibility index (Phi) is 8.09. The number of nitrogens with zero attached hydrogens (tertiary/aromatic N) is 2. The van der Waals surface area contributed by atoms with Crippen molar-refractivity contribution >= 4 is 22.7 Å². The summed E-state index contributed by atoms with van der Waals surface area (Å²) in [5, 5.41) is 5.40. The monoisotopic (exact) mass is 534 g/mol. The summed E-state index contributed by atoms with van der Waals surface area (Å²) in [6, 6.07) is 15.1. The third-order valence-corrected chi connectivity index (χ3v) is 6.22. The molecule has 0 unspecified atom stereocenters. The molecule has 4 rings (SSSR count). The number of hydrogen-bond donors (Lipinski definition) is 2. The van der Waals surface area contributed by atoms with Gasteiger partial charge in [-0.2, -0.15) is 0 Å². The van der Waals surface area contributed by atoms with Crippen LogP contribution in [0.4, 0.5) is 4.39 Å². The Morgan fingerprint density at radius 3 is 2.10 bits per heavy atom. The van der Waals surface area contributed by atoms with Crippen LogP contribution < -0.4 is 31.4 Å². The van der Waals surface area contributed by atoms with Crippen molar-refractivity contribution in [2.24, 2.45) is 0 Å². The zero-order chi connectivity index (χ0) is 28.1. The molecule has 39 heavy (non-hydrogen) atoms. The summed E-state index contributed by atoms with van der Waals surface area (Å²) < 4.78 is 26.1. The molecular weight excluding hydrogens is 507 g/mol. The fourth-order valence-corrected chi connectivity index (χ4v) is 4.13. The first kappa shape index (κ1) is 27.1. The van der Waals surface area contributed by atoms with Crippen LogP contribution in [-0.4, -0.2) is 42.2 Å². The minimum Gasteiger partial charge on any atom is -0.493 e. The zero-order valence-electron chi connectivity index (χ0n) is 21.6. The standard InChI is InChI=1S/C28H27FN4O6/c1-30-26(35)19-8-4-18(5-9-19)15-33-27(36)21-12-23(38-2)24(39-3)13-22(21)32(28(33)37)16-25(34)31-14-17-6-10-20(29)11-7-17/h4-13H,14-16H2,1-3H3,(H,30,35)(H,31,34). The van der Waals surface area contributed by atoms with Crippen LogP contribution in [-0.2, 0) is 24.4 Å². The van der Waals surface area contributed by atoms with Crippen molar-refractivity contribution in [3.8, 4) is 11.5 Å². The number of amides is 2. The predicted octanol–water partition coefficient (Wildman–Crippen LogP) is 2.04. The van der Waals surface area contributed by atoms with Gasteiger partial charge in [-0.05, 0) is 41.5 Å². The minimum atomic E-state index is -0.702. The topological polar surface area (TPSA) is 121 Å². The van der Waals surface area contributed by atoms with E-state index in [9.17, 15) is 23.6 Å². The molecule has 11 heteroatoms. The molecule has 10 nitrogen and oxygen atoms in total. The van der Waals surface area contributed by atoms with E-state index >= 15 is 0 Å². The smallest absolute Gasteiger partial charge is 0.332 e. The quantitative estimate of drug-likeness (QED) is 0.339. The second kappa shape index (κ2) is 11.6. The Morgan fingerprint density at radius 1 is 0.872 bits per heavy atom. The molecule has 4 aromatic rings. The molecule has 0 aliphatic heterocycles. The highest BCUT2D eigenvalue weighted by atomic mass is 19.1. The molecule has 0 spiro atoms. The van der Waals surface area contributed by atoms with E-state index in [2.05, 4.69) is 10.6 Å². The highest BCUT2D eigenvalue weighted by Crippen LogP contribution is 2.30. The Morgan fingerprint density at radius 2 is 1.49 bits per heavy atom. The SMILES string of the molecule is CNC(=O)c1ccc(Cn2c(=O)c3cc(OC)c(OC)cc3n(CC(=O)NCc3ccc(F)cc3)c2=O)cc1. The lowest BCUT2D eigenvalue weighted by atomic mass is 10.1. The molecule has 1 heterocycles. The van der Waals surface area contributed by atoms with E-state index in [-0.39, 0.29) is 47.9 Å². The second-order valence-electron chi connectivity index (χ2n) is 8.66. The molecule has 0 saturated carbocycles. The molecule has 1 aromatic heterocycles. The largest absolute Gasteiger partial charge is 0.493 e. The number of ether oxygens (including phenoxy) is 2. The number of halogens is 1. The van der Waals surface area contributed by atoms with Crippen LogP contribution in [0.25, 0.3) is 10.9 Å². The summed E-state index contributed by atoms with van der Waals surface area (Å²) in [5.74, 6) is -0.573. The average Bonchev–Trinajstić information content (AvgIpc) is 2.96. The number of carbonyl (C=O) groups is 2. The van der Waals surface area contributed by atoms with Crippen molar-refractivity contribution in [1.29, 1.82) is 0 Å².